The summed E-state index contributed by atoms with van der Waals surface area (Å²) in [6, 6.07) is 11.6. The average Bonchev–Trinajstić information content (AvgIpc) is 3.24. The van der Waals surface area contributed by atoms with Crippen molar-refractivity contribution in [1.29, 1.82) is 0 Å². The first kappa shape index (κ1) is 20.6. The van der Waals surface area contributed by atoms with Gasteiger partial charge in [0.15, 0.2) is 5.76 Å². The molecule has 0 radical (unpaired) electrons. The Kier molecular flexibility index (Phi) is 6.64. The fourth-order valence-electron chi connectivity index (χ4n) is 2.68. The second kappa shape index (κ2) is 9.36. The minimum atomic E-state index is -0.375. The lowest BCUT2D eigenvalue weighted by molar-refractivity contribution is 0.0936. The third-order valence-electron chi connectivity index (χ3n) is 4.17. The largest absolute Gasteiger partial charge is 0.463 e. The van der Waals surface area contributed by atoms with Gasteiger partial charge in [-0.05, 0) is 49.4 Å². The van der Waals surface area contributed by atoms with Crippen molar-refractivity contribution in [3.05, 3.63) is 70.6 Å². The number of carbonyl (C=O) groups excluding carboxylic acids is 2. The third-order valence-corrected chi connectivity index (χ3v) is 4.50. The van der Waals surface area contributed by atoms with E-state index in [1.54, 1.807) is 56.7 Å². The Hall–Kier alpha value is -3.16. The van der Waals surface area contributed by atoms with Crippen molar-refractivity contribution in [3.63, 3.8) is 0 Å². The molecule has 1 aromatic carbocycles. The number of amides is 2. The summed E-state index contributed by atoms with van der Waals surface area (Å²) in [4.78, 5) is 29.4. The van der Waals surface area contributed by atoms with Crippen LogP contribution in [0.1, 0.15) is 26.4 Å². The van der Waals surface area contributed by atoms with Gasteiger partial charge in [-0.25, -0.2) is 4.98 Å². The number of anilines is 1. The maximum absolute atomic E-state index is 12.7. The van der Waals surface area contributed by atoms with Crippen LogP contribution in [0.25, 0.3) is 11.5 Å². The number of ether oxygens (including phenoxy) is 1. The molecular weight excluding hydrogens is 394 g/mol. The molecule has 7 nitrogen and oxygen atoms in total. The normalized spacial score (nSPS) is 10.6. The van der Waals surface area contributed by atoms with E-state index < -0.39 is 0 Å². The van der Waals surface area contributed by atoms with E-state index in [2.05, 4.69) is 15.6 Å². The number of hydrogen-bond acceptors (Lipinski definition) is 5. The van der Waals surface area contributed by atoms with Crippen molar-refractivity contribution in [3.8, 4) is 11.5 Å². The maximum Gasteiger partial charge on any atom is 0.257 e. The molecule has 0 saturated heterocycles. The average molecular weight is 414 g/mol. The molecule has 150 valence electrons. The summed E-state index contributed by atoms with van der Waals surface area (Å²) in [6.45, 7) is 2.53. The number of rotatable bonds is 7. The fraction of sp³-hybridized carbons (Fsp3) is 0.190. The lowest BCUT2D eigenvalue weighted by atomic mass is 10.1. The number of aromatic nitrogens is 1. The Morgan fingerprint density at radius 3 is 2.69 bits per heavy atom. The van der Waals surface area contributed by atoms with Crippen LogP contribution in [0.4, 0.5) is 5.69 Å². The molecule has 0 fully saturated rings. The third kappa shape index (κ3) is 5.01. The summed E-state index contributed by atoms with van der Waals surface area (Å²) in [5.41, 5.74) is 2.29. The number of nitrogens with zero attached hydrogens (tertiary/aromatic N) is 1. The zero-order valence-corrected chi connectivity index (χ0v) is 16.7. The van der Waals surface area contributed by atoms with E-state index in [4.69, 9.17) is 20.8 Å². The Labute approximate surface area is 173 Å². The van der Waals surface area contributed by atoms with Crippen LogP contribution in [0.2, 0.25) is 5.02 Å². The van der Waals surface area contributed by atoms with E-state index in [0.29, 0.717) is 52.1 Å². The van der Waals surface area contributed by atoms with E-state index in [-0.39, 0.29) is 11.8 Å². The van der Waals surface area contributed by atoms with Crippen LogP contribution < -0.4 is 10.6 Å². The van der Waals surface area contributed by atoms with Gasteiger partial charge in [0.05, 0.1) is 34.8 Å². The van der Waals surface area contributed by atoms with Gasteiger partial charge in [-0.3, -0.25) is 9.59 Å². The summed E-state index contributed by atoms with van der Waals surface area (Å²) in [7, 11) is 1.56. The maximum atomic E-state index is 12.7. The van der Waals surface area contributed by atoms with Gasteiger partial charge in [-0.15, -0.1) is 0 Å². The van der Waals surface area contributed by atoms with Crippen LogP contribution in [-0.2, 0) is 4.74 Å². The SMILES string of the molecule is COCCNC(=O)c1ccc(Cl)c(NC(=O)c2ccc(-c3ccco3)nc2C)c1. The highest BCUT2D eigenvalue weighted by atomic mass is 35.5. The molecule has 0 unspecified atom stereocenters. The van der Waals surface area contributed by atoms with E-state index in [1.165, 1.54) is 6.07 Å². The molecule has 0 bridgehead atoms. The molecular formula is C21H20ClN3O4. The molecule has 0 aliphatic heterocycles. The van der Waals surface area contributed by atoms with Gasteiger partial charge in [0.1, 0.15) is 5.69 Å². The zero-order chi connectivity index (χ0) is 20.8. The molecule has 8 heteroatoms. The van der Waals surface area contributed by atoms with Crippen molar-refractivity contribution in [2.45, 2.75) is 6.92 Å². The van der Waals surface area contributed by atoms with Crippen LogP contribution >= 0.6 is 11.6 Å². The molecule has 3 aromatic rings. The van der Waals surface area contributed by atoms with Crippen LogP contribution in [0, 0.1) is 6.92 Å². The minimum absolute atomic E-state index is 0.283. The molecule has 0 spiro atoms. The second-order valence-electron chi connectivity index (χ2n) is 6.20. The van der Waals surface area contributed by atoms with Crippen molar-refractivity contribution >= 4 is 29.1 Å². The number of hydrogen-bond donors (Lipinski definition) is 2. The summed E-state index contributed by atoms with van der Waals surface area (Å²) in [5.74, 6) is -0.0370. The molecule has 2 aromatic heterocycles. The summed E-state index contributed by atoms with van der Waals surface area (Å²) < 4.78 is 10.2. The number of benzene rings is 1. The lowest BCUT2D eigenvalue weighted by Crippen LogP contribution is -2.27. The molecule has 2 amide bonds. The van der Waals surface area contributed by atoms with Gasteiger partial charge >= 0.3 is 0 Å². The van der Waals surface area contributed by atoms with E-state index in [0.717, 1.165) is 0 Å². The number of methoxy groups -OCH3 is 1. The second-order valence-corrected chi connectivity index (χ2v) is 6.61. The number of furan rings is 1. The standard InChI is InChI=1S/C21H20ClN3O4/c1-13-15(6-8-17(24-13)19-4-3-10-29-19)21(27)25-18-12-14(5-7-16(18)22)20(26)23-9-11-28-2/h3-8,10,12H,9,11H2,1-2H3,(H,23,26)(H,25,27). The van der Waals surface area contributed by atoms with Crippen molar-refractivity contribution < 1.29 is 18.7 Å². The fourth-order valence-corrected chi connectivity index (χ4v) is 2.85. The monoisotopic (exact) mass is 413 g/mol. The molecule has 0 atom stereocenters. The molecule has 29 heavy (non-hydrogen) atoms. The highest BCUT2D eigenvalue weighted by Gasteiger charge is 2.15. The molecule has 3 rings (SSSR count). The van der Waals surface area contributed by atoms with Gasteiger partial charge < -0.3 is 19.8 Å². The number of carbonyl (C=O) groups is 2. The first-order valence-electron chi connectivity index (χ1n) is 8.89. The smallest absolute Gasteiger partial charge is 0.257 e. The van der Waals surface area contributed by atoms with Crippen molar-refractivity contribution in [2.75, 3.05) is 25.6 Å². The first-order chi connectivity index (χ1) is 14.0. The molecule has 2 heterocycles. The minimum Gasteiger partial charge on any atom is -0.463 e. The number of halogens is 1. The summed E-state index contributed by atoms with van der Waals surface area (Å²) >= 11 is 6.20. The Balaban J connectivity index is 1.76. The van der Waals surface area contributed by atoms with Gasteiger partial charge in [0, 0.05) is 19.2 Å². The molecule has 0 aliphatic rings. The summed E-state index contributed by atoms with van der Waals surface area (Å²) in [5, 5.41) is 5.79. The van der Waals surface area contributed by atoms with Crippen molar-refractivity contribution in [1.82, 2.24) is 10.3 Å². The highest BCUT2D eigenvalue weighted by Crippen LogP contribution is 2.25. The Bertz CT molecular complexity index is 1020. The molecule has 0 aliphatic carbocycles. The first-order valence-corrected chi connectivity index (χ1v) is 9.27. The number of nitrogens with one attached hydrogen (secondary N) is 2. The van der Waals surface area contributed by atoms with Crippen LogP contribution in [0.3, 0.4) is 0 Å². The number of aryl methyl sites for hydroxylation is 1. The van der Waals surface area contributed by atoms with Crippen LogP contribution in [0.5, 0.6) is 0 Å². The molecule has 2 N–H and O–H groups in total. The van der Waals surface area contributed by atoms with Crippen molar-refractivity contribution in [2.24, 2.45) is 0 Å². The van der Waals surface area contributed by atoms with Gasteiger partial charge in [0.2, 0.25) is 0 Å². The van der Waals surface area contributed by atoms with E-state index >= 15 is 0 Å². The summed E-state index contributed by atoms with van der Waals surface area (Å²) in [6.07, 6.45) is 1.56. The van der Waals surface area contributed by atoms with Gasteiger partial charge in [-0.2, -0.15) is 0 Å². The van der Waals surface area contributed by atoms with E-state index in [1.807, 2.05) is 0 Å². The number of pyridine rings is 1. The van der Waals surface area contributed by atoms with E-state index in [9.17, 15) is 9.59 Å². The molecule has 0 saturated carbocycles. The Morgan fingerprint density at radius 1 is 1.17 bits per heavy atom. The lowest BCUT2D eigenvalue weighted by Gasteiger charge is -2.11. The Morgan fingerprint density at radius 2 is 2.00 bits per heavy atom. The predicted octanol–water partition coefficient (Wildman–Crippen LogP) is 3.93. The predicted molar refractivity (Wildman–Crippen MR) is 110 cm³/mol. The zero-order valence-electron chi connectivity index (χ0n) is 16.0. The van der Waals surface area contributed by atoms with Gasteiger partial charge in [-0.1, -0.05) is 11.6 Å². The van der Waals surface area contributed by atoms with Crippen LogP contribution in [0.15, 0.2) is 53.1 Å². The topological polar surface area (TPSA) is 93.5 Å². The van der Waals surface area contributed by atoms with Crippen LogP contribution in [-0.4, -0.2) is 37.1 Å². The van der Waals surface area contributed by atoms with Gasteiger partial charge in [0.25, 0.3) is 11.8 Å². The highest BCUT2D eigenvalue weighted by molar-refractivity contribution is 6.34. The quantitative estimate of drug-likeness (QED) is 0.572.